The Kier molecular flexibility index (Phi) is 8.05. The number of thioether (sulfide) groups is 1. The lowest BCUT2D eigenvalue weighted by molar-refractivity contribution is -0.124. The molecule has 1 aliphatic rings. The number of carbonyl (C=O) groups excluding carboxylic acids is 1. The quantitative estimate of drug-likeness (QED) is 0.288. The minimum Gasteiger partial charge on any atom is -0.356 e. The predicted molar refractivity (Wildman–Crippen MR) is 134 cm³/mol. The van der Waals surface area contributed by atoms with Crippen molar-refractivity contribution in [3.8, 4) is 22.5 Å². The molecule has 0 saturated heterocycles. The topological polar surface area (TPSA) is 46.9 Å². The van der Waals surface area contributed by atoms with Crippen molar-refractivity contribution < 1.29 is 4.79 Å². The minimum absolute atomic E-state index is 0.259. The number of hydrogen-bond donors (Lipinski definition) is 1. The zero-order valence-corrected chi connectivity index (χ0v) is 19.7. The van der Waals surface area contributed by atoms with E-state index in [1.54, 1.807) is 0 Å². The Morgan fingerprint density at radius 2 is 1.66 bits per heavy atom. The molecule has 1 aromatic heterocycles. The first-order valence-electron chi connectivity index (χ1n) is 11.9. The fourth-order valence-corrected chi connectivity index (χ4v) is 5.52. The van der Waals surface area contributed by atoms with Crippen LogP contribution in [0.2, 0.25) is 0 Å². The SMILES string of the molecule is CCn1c(SCCCCNC(=O)C2CCCC2)nc(-c2ccccc2)c1-c1ccccc1. The van der Waals surface area contributed by atoms with Crippen LogP contribution in [0.25, 0.3) is 22.5 Å². The summed E-state index contributed by atoms with van der Waals surface area (Å²) in [4.78, 5) is 17.2. The summed E-state index contributed by atoms with van der Waals surface area (Å²) in [6.45, 7) is 3.85. The molecule has 32 heavy (non-hydrogen) atoms. The first kappa shape index (κ1) is 22.7. The average molecular weight is 448 g/mol. The van der Waals surface area contributed by atoms with Crippen molar-refractivity contribution in [3.05, 3.63) is 60.7 Å². The van der Waals surface area contributed by atoms with Crippen molar-refractivity contribution in [2.24, 2.45) is 5.92 Å². The highest BCUT2D eigenvalue weighted by atomic mass is 32.2. The minimum atomic E-state index is 0.259. The molecule has 0 spiro atoms. The highest BCUT2D eigenvalue weighted by molar-refractivity contribution is 7.99. The van der Waals surface area contributed by atoms with E-state index < -0.39 is 0 Å². The van der Waals surface area contributed by atoms with E-state index in [4.69, 9.17) is 4.98 Å². The van der Waals surface area contributed by atoms with Crippen LogP contribution in [0, 0.1) is 5.92 Å². The first-order chi connectivity index (χ1) is 15.8. The van der Waals surface area contributed by atoms with Gasteiger partial charge in [0.25, 0.3) is 0 Å². The Bertz CT molecular complexity index is 995. The molecule has 5 heteroatoms. The summed E-state index contributed by atoms with van der Waals surface area (Å²) in [6.07, 6.45) is 6.61. The summed E-state index contributed by atoms with van der Waals surface area (Å²) in [6, 6.07) is 21.0. The third-order valence-corrected chi connectivity index (χ3v) is 7.23. The first-order valence-corrected chi connectivity index (χ1v) is 12.9. The van der Waals surface area contributed by atoms with Gasteiger partial charge in [0.05, 0.1) is 11.4 Å². The number of rotatable bonds is 10. The van der Waals surface area contributed by atoms with Gasteiger partial charge in [0, 0.05) is 35.9 Å². The number of carbonyl (C=O) groups is 1. The molecule has 4 rings (SSSR count). The van der Waals surface area contributed by atoms with Gasteiger partial charge in [-0.3, -0.25) is 4.79 Å². The van der Waals surface area contributed by atoms with Crippen LogP contribution in [0.5, 0.6) is 0 Å². The van der Waals surface area contributed by atoms with Crippen molar-refractivity contribution in [2.45, 2.75) is 57.1 Å². The van der Waals surface area contributed by atoms with E-state index in [2.05, 4.69) is 71.4 Å². The van der Waals surface area contributed by atoms with Crippen LogP contribution in [-0.4, -0.2) is 27.8 Å². The summed E-state index contributed by atoms with van der Waals surface area (Å²) in [5.74, 6) is 1.52. The molecule has 1 saturated carbocycles. The van der Waals surface area contributed by atoms with Crippen molar-refractivity contribution in [1.82, 2.24) is 14.9 Å². The van der Waals surface area contributed by atoms with Crippen LogP contribution in [0.3, 0.4) is 0 Å². The highest BCUT2D eigenvalue weighted by Crippen LogP contribution is 2.36. The van der Waals surface area contributed by atoms with Crippen LogP contribution in [-0.2, 0) is 11.3 Å². The molecule has 1 fully saturated rings. The van der Waals surface area contributed by atoms with E-state index in [0.717, 1.165) is 60.9 Å². The Balaban J connectivity index is 1.41. The van der Waals surface area contributed by atoms with E-state index in [1.165, 1.54) is 24.1 Å². The average Bonchev–Trinajstić information content (AvgIpc) is 3.50. The maximum atomic E-state index is 12.2. The van der Waals surface area contributed by atoms with Crippen molar-refractivity contribution in [3.63, 3.8) is 0 Å². The van der Waals surface area contributed by atoms with Gasteiger partial charge in [-0.05, 0) is 32.6 Å². The van der Waals surface area contributed by atoms with E-state index in [9.17, 15) is 4.79 Å². The van der Waals surface area contributed by atoms with Gasteiger partial charge in [0.15, 0.2) is 5.16 Å². The van der Waals surface area contributed by atoms with Gasteiger partial charge in [-0.2, -0.15) is 0 Å². The van der Waals surface area contributed by atoms with Gasteiger partial charge < -0.3 is 9.88 Å². The van der Waals surface area contributed by atoms with Crippen molar-refractivity contribution >= 4 is 17.7 Å². The van der Waals surface area contributed by atoms with Gasteiger partial charge in [-0.25, -0.2) is 4.98 Å². The second-order valence-electron chi connectivity index (χ2n) is 8.40. The van der Waals surface area contributed by atoms with Gasteiger partial charge in [0.1, 0.15) is 0 Å². The van der Waals surface area contributed by atoms with Gasteiger partial charge in [-0.1, -0.05) is 85.3 Å². The molecule has 0 bridgehead atoms. The Morgan fingerprint density at radius 1 is 1.00 bits per heavy atom. The van der Waals surface area contributed by atoms with E-state index in [0.29, 0.717) is 0 Å². The summed E-state index contributed by atoms with van der Waals surface area (Å²) < 4.78 is 2.34. The monoisotopic (exact) mass is 447 g/mol. The molecule has 4 nitrogen and oxygen atoms in total. The number of hydrogen-bond acceptors (Lipinski definition) is 3. The summed E-state index contributed by atoms with van der Waals surface area (Å²) in [5, 5.41) is 4.20. The molecule has 1 heterocycles. The Labute approximate surface area is 195 Å². The lowest BCUT2D eigenvalue weighted by Gasteiger charge is -2.11. The molecule has 1 N–H and O–H groups in total. The lowest BCUT2D eigenvalue weighted by atomic mass is 10.0. The molecule has 1 amide bonds. The summed E-state index contributed by atoms with van der Waals surface area (Å²) in [5.41, 5.74) is 4.58. The Hall–Kier alpha value is -2.53. The molecule has 0 aliphatic heterocycles. The lowest BCUT2D eigenvalue weighted by Crippen LogP contribution is -2.30. The number of nitrogens with one attached hydrogen (secondary N) is 1. The maximum absolute atomic E-state index is 12.2. The summed E-state index contributed by atoms with van der Waals surface area (Å²) in [7, 11) is 0. The molecule has 0 radical (unpaired) electrons. The Morgan fingerprint density at radius 3 is 2.31 bits per heavy atom. The fraction of sp³-hybridized carbons (Fsp3) is 0.407. The molecule has 3 aromatic rings. The predicted octanol–water partition coefficient (Wildman–Crippen LogP) is 6.42. The molecule has 0 unspecified atom stereocenters. The number of nitrogens with zero attached hydrogens (tertiary/aromatic N) is 2. The van der Waals surface area contributed by atoms with Gasteiger partial charge in [-0.15, -0.1) is 0 Å². The number of amides is 1. The standard InChI is InChI=1S/C27H33N3OS/c1-2-30-25(22-15-7-4-8-16-22)24(21-13-5-3-6-14-21)29-27(30)32-20-12-11-19-28-26(31)23-17-9-10-18-23/h3-8,13-16,23H,2,9-12,17-20H2,1H3,(H,28,31). The normalized spacial score (nSPS) is 14.0. The molecular weight excluding hydrogens is 414 g/mol. The molecule has 2 aromatic carbocycles. The number of imidazole rings is 1. The highest BCUT2D eigenvalue weighted by Gasteiger charge is 2.22. The van der Waals surface area contributed by atoms with Crippen LogP contribution >= 0.6 is 11.8 Å². The molecule has 1 aliphatic carbocycles. The van der Waals surface area contributed by atoms with Crippen LogP contribution in [0.15, 0.2) is 65.8 Å². The maximum Gasteiger partial charge on any atom is 0.223 e. The van der Waals surface area contributed by atoms with E-state index in [1.807, 2.05) is 17.8 Å². The number of unbranched alkanes of at least 4 members (excludes halogenated alkanes) is 1. The smallest absolute Gasteiger partial charge is 0.223 e. The molecular formula is C27H33N3OS. The van der Waals surface area contributed by atoms with E-state index in [-0.39, 0.29) is 11.8 Å². The zero-order valence-electron chi connectivity index (χ0n) is 18.9. The fourth-order valence-electron chi connectivity index (χ4n) is 4.46. The summed E-state index contributed by atoms with van der Waals surface area (Å²) >= 11 is 1.82. The van der Waals surface area contributed by atoms with Crippen LogP contribution in [0.4, 0.5) is 0 Å². The second-order valence-corrected chi connectivity index (χ2v) is 9.46. The van der Waals surface area contributed by atoms with Gasteiger partial charge >= 0.3 is 0 Å². The molecule has 168 valence electrons. The van der Waals surface area contributed by atoms with E-state index >= 15 is 0 Å². The van der Waals surface area contributed by atoms with Crippen molar-refractivity contribution in [1.29, 1.82) is 0 Å². The van der Waals surface area contributed by atoms with Gasteiger partial charge in [0.2, 0.25) is 5.91 Å². The molecule has 0 atom stereocenters. The number of benzene rings is 2. The van der Waals surface area contributed by atoms with Crippen molar-refractivity contribution in [2.75, 3.05) is 12.3 Å². The second kappa shape index (κ2) is 11.4. The zero-order chi connectivity index (χ0) is 22.2. The van der Waals surface area contributed by atoms with Crippen LogP contribution in [0.1, 0.15) is 45.4 Å². The third-order valence-electron chi connectivity index (χ3n) is 6.17. The largest absolute Gasteiger partial charge is 0.356 e. The number of aromatic nitrogens is 2. The van der Waals surface area contributed by atoms with Crippen LogP contribution < -0.4 is 5.32 Å². The third kappa shape index (κ3) is 5.44.